The zero-order valence-electron chi connectivity index (χ0n) is 16.1. The molecule has 0 aliphatic carbocycles. The SMILES string of the molecule is COc1cccc(C(=O)N2CCN(C(=O)c3c[nH]c4ccccc4c3=O)CC2)c1. The molecule has 7 heteroatoms. The molecule has 2 aromatic carbocycles. The molecule has 29 heavy (non-hydrogen) atoms. The van der Waals surface area contributed by atoms with Crippen LogP contribution < -0.4 is 10.2 Å². The summed E-state index contributed by atoms with van der Waals surface area (Å²) in [5.41, 5.74) is 1.09. The van der Waals surface area contributed by atoms with Crippen molar-refractivity contribution >= 4 is 22.7 Å². The number of aromatic amines is 1. The monoisotopic (exact) mass is 391 g/mol. The zero-order valence-corrected chi connectivity index (χ0v) is 16.1. The minimum atomic E-state index is -0.314. The van der Waals surface area contributed by atoms with E-state index in [-0.39, 0.29) is 22.8 Å². The van der Waals surface area contributed by atoms with Gasteiger partial charge in [-0.25, -0.2) is 0 Å². The van der Waals surface area contributed by atoms with Crippen LogP contribution >= 0.6 is 0 Å². The number of amides is 2. The molecule has 4 rings (SSSR count). The minimum absolute atomic E-state index is 0.0976. The molecule has 0 radical (unpaired) electrons. The highest BCUT2D eigenvalue weighted by Crippen LogP contribution is 2.16. The first-order chi connectivity index (χ1) is 14.1. The second-order valence-corrected chi connectivity index (χ2v) is 6.89. The van der Waals surface area contributed by atoms with Crippen LogP contribution in [0.3, 0.4) is 0 Å². The van der Waals surface area contributed by atoms with Crippen molar-refractivity contribution < 1.29 is 14.3 Å². The van der Waals surface area contributed by atoms with Gasteiger partial charge in [-0.15, -0.1) is 0 Å². The smallest absolute Gasteiger partial charge is 0.259 e. The van der Waals surface area contributed by atoms with Crippen molar-refractivity contribution in [3.63, 3.8) is 0 Å². The Morgan fingerprint density at radius 3 is 2.34 bits per heavy atom. The summed E-state index contributed by atoms with van der Waals surface area (Å²) < 4.78 is 5.18. The van der Waals surface area contributed by atoms with E-state index in [4.69, 9.17) is 4.74 Å². The van der Waals surface area contributed by atoms with Crippen LogP contribution in [0.5, 0.6) is 5.75 Å². The normalized spacial score (nSPS) is 14.1. The van der Waals surface area contributed by atoms with Crippen LogP contribution in [0, 0.1) is 0 Å². The van der Waals surface area contributed by atoms with E-state index in [0.717, 1.165) is 0 Å². The fourth-order valence-corrected chi connectivity index (χ4v) is 3.55. The quantitative estimate of drug-likeness (QED) is 0.742. The summed E-state index contributed by atoms with van der Waals surface area (Å²) in [7, 11) is 1.56. The van der Waals surface area contributed by atoms with Gasteiger partial charge in [0.05, 0.1) is 7.11 Å². The maximum absolute atomic E-state index is 12.9. The zero-order chi connectivity index (χ0) is 20.4. The number of ether oxygens (including phenoxy) is 1. The van der Waals surface area contributed by atoms with Crippen molar-refractivity contribution in [3.8, 4) is 5.75 Å². The molecule has 0 bridgehead atoms. The first-order valence-corrected chi connectivity index (χ1v) is 9.41. The third-order valence-corrected chi connectivity index (χ3v) is 5.19. The Kier molecular flexibility index (Phi) is 5.03. The Balaban J connectivity index is 1.47. The third-order valence-electron chi connectivity index (χ3n) is 5.19. The van der Waals surface area contributed by atoms with Crippen LogP contribution in [0.15, 0.2) is 59.5 Å². The van der Waals surface area contributed by atoms with Gasteiger partial charge in [-0.3, -0.25) is 14.4 Å². The van der Waals surface area contributed by atoms with Crippen molar-refractivity contribution in [2.75, 3.05) is 33.3 Å². The van der Waals surface area contributed by atoms with E-state index in [2.05, 4.69) is 4.98 Å². The summed E-state index contributed by atoms with van der Waals surface area (Å²) in [6.07, 6.45) is 1.47. The van der Waals surface area contributed by atoms with E-state index in [1.165, 1.54) is 6.20 Å². The van der Waals surface area contributed by atoms with Gasteiger partial charge in [0.25, 0.3) is 11.8 Å². The molecule has 148 valence electrons. The molecule has 1 N–H and O–H groups in total. The number of carbonyl (C=O) groups is 2. The molecule has 3 aromatic rings. The highest BCUT2D eigenvalue weighted by molar-refractivity contribution is 5.98. The number of nitrogens with zero attached hydrogens (tertiary/aromatic N) is 2. The molecule has 2 heterocycles. The number of carbonyl (C=O) groups excluding carboxylic acids is 2. The van der Waals surface area contributed by atoms with Crippen molar-refractivity contribution in [2.24, 2.45) is 0 Å². The minimum Gasteiger partial charge on any atom is -0.497 e. The number of hydrogen-bond donors (Lipinski definition) is 1. The second kappa shape index (κ2) is 7.79. The van der Waals surface area contributed by atoms with Gasteiger partial charge in [0.15, 0.2) is 0 Å². The average molecular weight is 391 g/mol. The van der Waals surface area contributed by atoms with Crippen LogP contribution in [0.1, 0.15) is 20.7 Å². The van der Waals surface area contributed by atoms with Gasteiger partial charge in [-0.1, -0.05) is 18.2 Å². The molecule has 1 saturated heterocycles. The Morgan fingerprint density at radius 2 is 1.62 bits per heavy atom. The summed E-state index contributed by atoms with van der Waals surface area (Å²) >= 11 is 0. The number of para-hydroxylation sites is 1. The van der Waals surface area contributed by atoms with Crippen molar-refractivity contribution in [2.45, 2.75) is 0 Å². The topological polar surface area (TPSA) is 82.7 Å². The van der Waals surface area contributed by atoms with Gasteiger partial charge >= 0.3 is 0 Å². The standard InChI is InChI=1S/C22H21N3O4/c1-29-16-6-4-5-15(13-16)21(27)24-9-11-25(12-10-24)22(28)18-14-23-19-8-3-2-7-17(19)20(18)26/h2-8,13-14H,9-12H2,1H3,(H,23,26). The molecule has 0 saturated carbocycles. The lowest BCUT2D eigenvalue weighted by atomic mass is 10.1. The summed E-state index contributed by atoms with van der Waals surface area (Å²) in [6.45, 7) is 1.57. The van der Waals surface area contributed by atoms with Gasteiger partial charge in [0.2, 0.25) is 5.43 Å². The molecule has 1 aliphatic rings. The molecule has 1 aromatic heterocycles. The van der Waals surface area contributed by atoms with Gasteiger partial charge in [0, 0.05) is 48.8 Å². The highest BCUT2D eigenvalue weighted by atomic mass is 16.5. The largest absolute Gasteiger partial charge is 0.497 e. The highest BCUT2D eigenvalue weighted by Gasteiger charge is 2.27. The molecule has 0 atom stereocenters. The van der Waals surface area contributed by atoms with E-state index in [0.29, 0.717) is 48.4 Å². The number of benzene rings is 2. The Bertz CT molecular complexity index is 1130. The number of piperazine rings is 1. The first kappa shape index (κ1) is 18.7. The predicted octanol–water partition coefficient (Wildman–Crippen LogP) is 2.13. The number of pyridine rings is 1. The van der Waals surface area contributed by atoms with E-state index >= 15 is 0 Å². The first-order valence-electron chi connectivity index (χ1n) is 9.41. The number of aromatic nitrogens is 1. The van der Waals surface area contributed by atoms with E-state index in [1.54, 1.807) is 59.4 Å². The third kappa shape index (κ3) is 3.59. The van der Waals surface area contributed by atoms with Crippen LogP contribution in [-0.4, -0.2) is 59.9 Å². The number of rotatable bonds is 3. The van der Waals surface area contributed by atoms with E-state index in [1.807, 2.05) is 6.07 Å². The molecule has 0 spiro atoms. The summed E-state index contributed by atoms with van der Waals surface area (Å²) in [5, 5.41) is 0.491. The predicted molar refractivity (Wildman–Crippen MR) is 109 cm³/mol. The number of nitrogens with one attached hydrogen (secondary N) is 1. The maximum atomic E-state index is 12.9. The van der Waals surface area contributed by atoms with Crippen molar-refractivity contribution in [1.82, 2.24) is 14.8 Å². The van der Waals surface area contributed by atoms with Gasteiger partial charge in [0.1, 0.15) is 11.3 Å². The van der Waals surface area contributed by atoms with Gasteiger partial charge in [-0.05, 0) is 30.3 Å². The molecular weight excluding hydrogens is 370 g/mol. The van der Waals surface area contributed by atoms with E-state index < -0.39 is 0 Å². The fourth-order valence-electron chi connectivity index (χ4n) is 3.55. The fraction of sp³-hybridized carbons (Fsp3) is 0.227. The molecule has 1 aliphatic heterocycles. The van der Waals surface area contributed by atoms with Crippen LogP contribution in [0.2, 0.25) is 0 Å². The maximum Gasteiger partial charge on any atom is 0.259 e. The van der Waals surface area contributed by atoms with Gasteiger partial charge in [-0.2, -0.15) is 0 Å². The number of H-pyrrole nitrogens is 1. The Hall–Kier alpha value is -3.61. The molecule has 7 nitrogen and oxygen atoms in total. The molecule has 1 fully saturated rings. The molecular formula is C22H21N3O4. The summed E-state index contributed by atoms with van der Waals surface area (Å²) in [5.74, 6) is 0.213. The van der Waals surface area contributed by atoms with Crippen LogP contribution in [0.25, 0.3) is 10.9 Å². The lowest BCUT2D eigenvalue weighted by Crippen LogP contribution is -2.51. The van der Waals surface area contributed by atoms with Crippen LogP contribution in [0.4, 0.5) is 0 Å². The lowest BCUT2D eigenvalue weighted by Gasteiger charge is -2.34. The van der Waals surface area contributed by atoms with Gasteiger partial charge < -0.3 is 19.5 Å². The summed E-state index contributed by atoms with van der Waals surface area (Å²) in [6, 6.07) is 14.1. The number of hydrogen-bond acceptors (Lipinski definition) is 4. The van der Waals surface area contributed by atoms with Crippen molar-refractivity contribution in [3.05, 3.63) is 76.1 Å². The number of fused-ring (bicyclic) bond motifs is 1. The van der Waals surface area contributed by atoms with Crippen LogP contribution in [-0.2, 0) is 0 Å². The lowest BCUT2D eigenvalue weighted by molar-refractivity contribution is 0.0534. The summed E-state index contributed by atoms with van der Waals surface area (Å²) in [4.78, 5) is 44.6. The second-order valence-electron chi connectivity index (χ2n) is 6.89. The Labute approximate surface area is 167 Å². The number of methoxy groups -OCH3 is 1. The average Bonchev–Trinajstić information content (AvgIpc) is 2.79. The van der Waals surface area contributed by atoms with E-state index in [9.17, 15) is 14.4 Å². The molecule has 0 unspecified atom stereocenters. The Morgan fingerprint density at radius 1 is 0.931 bits per heavy atom. The molecule has 2 amide bonds. The van der Waals surface area contributed by atoms with Crippen molar-refractivity contribution in [1.29, 1.82) is 0 Å².